The second-order valence-electron chi connectivity index (χ2n) is 7.33. The summed E-state index contributed by atoms with van der Waals surface area (Å²) in [6.45, 7) is 4.82. The molecule has 1 unspecified atom stereocenters. The van der Waals surface area contributed by atoms with Crippen LogP contribution in [-0.4, -0.2) is 37.1 Å². The van der Waals surface area contributed by atoms with Crippen LogP contribution < -0.4 is 14.4 Å². The van der Waals surface area contributed by atoms with Gasteiger partial charge in [0, 0.05) is 42.9 Å². The van der Waals surface area contributed by atoms with E-state index in [9.17, 15) is 13.4 Å². The van der Waals surface area contributed by atoms with Crippen LogP contribution in [0.1, 0.15) is 28.8 Å². The second-order valence-corrected chi connectivity index (χ2v) is 8.62. The lowest BCUT2D eigenvalue weighted by atomic mass is 9.98. The van der Waals surface area contributed by atoms with Gasteiger partial charge in [-0.25, -0.2) is 8.60 Å². The van der Waals surface area contributed by atoms with Crippen molar-refractivity contribution in [3.05, 3.63) is 53.9 Å². The fourth-order valence-electron chi connectivity index (χ4n) is 3.97. The molecule has 2 aromatic carbocycles. The molecule has 0 spiro atoms. The average Bonchev–Trinajstić information content (AvgIpc) is 3.04. The number of nitrogens with zero attached hydrogens (tertiary/aromatic N) is 1. The van der Waals surface area contributed by atoms with Crippen molar-refractivity contribution in [2.45, 2.75) is 12.8 Å². The van der Waals surface area contributed by atoms with Gasteiger partial charge in [-0.1, -0.05) is 6.58 Å². The van der Waals surface area contributed by atoms with E-state index in [0.29, 0.717) is 28.6 Å². The molecule has 0 saturated heterocycles. The number of furan rings is 1. The average molecular weight is 443 g/mol. The minimum atomic E-state index is -1.23. The molecule has 1 N–H and O–H groups in total. The largest absolute Gasteiger partial charge is 0.496 e. The van der Waals surface area contributed by atoms with Crippen LogP contribution in [-0.2, 0) is 11.0 Å². The summed E-state index contributed by atoms with van der Waals surface area (Å²) in [5.74, 6) is -0.259. The van der Waals surface area contributed by atoms with Crippen LogP contribution in [0.25, 0.3) is 27.9 Å². The fraction of sp³-hybridized carbons (Fsp3) is 0.261. The van der Waals surface area contributed by atoms with Gasteiger partial charge in [-0.15, -0.1) is 0 Å². The summed E-state index contributed by atoms with van der Waals surface area (Å²) in [6, 6.07) is 7.72. The third-order valence-electron chi connectivity index (χ3n) is 5.47. The van der Waals surface area contributed by atoms with Gasteiger partial charge in [0.05, 0.1) is 23.9 Å². The van der Waals surface area contributed by atoms with Gasteiger partial charge in [0.15, 0.2) is 5.76 Å². The summed E-state index contributed by atoms with van der Waals surface area (Å²) in [5.41, 5.74) is 3.75. The Hall–Kier alpha value is -3.13. The molecule has 1 aliphatic heterocycles. The second kappa shape index (κ2) is 8.19. The highest BCUT2D eigenvalue weighted by molar-refractivity contribution is 7.85. The lowest BCUT2D eigenvalue weighted by molar-refractivity contribution is 0.0964. The first-order valence-electron chi connectivity index (χ1n) is 9.81. The molecule has 0 fully saturated rings. The molecule has 2 heterocycles. The number of ether oxygens (including phenoxy) is 1. The minimum absolute atomic E-state index is 0.256. The van der Waals surface area contributed by atoms with Crippen LogP contribution in [0.2, 0.25) is 0 Å². The number of amides is 1. The van der Waals surface area contributed by atoms with E-state index in [2.05, 4.69) is 11.9 Å². The van der Waals surface area contributed by atoms with E-state index in [0.717, 1.165) is 29.7 Å². The highest BCUT2D eigenvalue weighted by atomic mass is 32.2. The SMILES string of the molecule is C=C1CCCN(S(C)=O)c2cc3oc(-c4ccc(F)cc4OC)c(C(=O)NC)c3cc21. The van der Waals surface area contributed by atoms with Crippen molar-refractivity contribution < 1.29 is 22.5 Å². The first-order valence-corrected chi connectivity index (χ1v) is 11.3. The summed E-state index contributed by atoms with van der Waals surface area (Å²) in [6.07, 6.45) is 3.22. The van der Waals surface area contributed by atoms with Crippen molar-refractivity contribution in [3.63, 3.8) is 0 Å². The molecular formula is C23H23FN2O4S. The van der Waals surface area contributed by atoms with Crippen LogP contribution in [0.5, 0.6) is 5.75 Å². The van der Waals surface area contributed by atoms with Crippen LogP contribution in [0, 0.1) is 5.82 Å². The smallest absolute Gasteiger partial charge is 0.255 e. The maximum Gasteiger partial charge on any atom is 0.255 e. The third kappa shape index (κ3) is 3.61. The van der Waals surface area contributed by atoms with Crippen molar-refractivity contribution in [3.8, 4) is 17.1 Å². The molecule has 1 amide bonds. The molecule has 6 nitrogen and oxygen atoms in total. The number of benzene rings is 2. The molecular weight excluding hydrogens is 419 g/mol. The van der Waals surface area contributed by atoms with E-state index in [1.807, 2.05) is 10.4 Å². The Bertz CT molecular complexity index is 1230. The number of fused-ring (bicyclic) bond motifs is 2. The van der Waals surface area contributed by atoms with Crippen LogP contribution >= 0.6 is 0 Å². The number of hydrogen-bond donors (Lipinski definition) is 1. The van der Waals surface area contributed by atoms with E-state index in [1.165, 1.54) is 32.4 Å². The summed E-state index contributed by atoms with van der Waals surface area (Å²) in [5, 5.41) is 3.26. The summed E-state index contributed by atoms with van der Waals surface area (Å²) in [4.78, 5) is 12.9. The standard InChI is InChI=1S/C23H23FN2O4S/c1-13-6-5-9-26(31(4)28)18-12-20-17(11-16(13)18)21(23(27)25-2)22(30-20)15-8-7-14(24)10-19(15)29-3/h7-8,10-12H,1,5-6,9H2,2-4H3,(H,25,27). The quantitative estimate of drug-likeness (QED) is 0.645. The van der Waals surface area contributed by atoms with Crippen molar-refractivity contribution in [1.29, 1.82) is 0 Å². The number of rotatable bonds is 4. The Kier molecular flexibility index (Phi) is 5.58. The molecule has 0 saturated carbocycles. The molecule has 4 rings (SSSR count). The Morgan fingerprint density at radius 3 is 2.74 bits per heavy atom. The Balaban J connectivity index is 2.05. The lowest BCUT2D eigenvalue weighted by Crippen LogP contribution is -2.25. The molecule has 3 aromatic rings. The fourth-order valence-corrected chi connectivity index (χ4v) is 4.79. The van der Waals surface area contributed by atoms with Crippen molar-refractivity contribution in [1.82, 2.24) is 5.32 Å². The molecule has 1 aromatic heterocycles. The summed E-state index contributed by atoms with van der Waals surface area (Å²) < 4.78 is 39.4. The maximum atomic E-state index is 13.8. The molecule has 1 aliphatic rings. The van der Waals surface area contributed by atoms with E-state index < -0.39 is 16.8 Å². The van der Waals surface area contributed by atoms with Gasteiger partial charge in [-0.2, -0.15) is 0 Å². The minimum Gasteiger partial charge on any atom is -0.496 e. The maximum absolute atomic E-state index is 13.8. The zero-order valence-corrected chi connectivity index (χ0v) is 18.4. The van der Waals surface area contributed by atoms with Crippen LogP contribution in [0.3, 0.4) is 0 Å². The van der Waals surface area contributed by atoms with Gasteiger partial charge in [-0.05, 0) is 36.6 Å². The molecule has 31 heavy (non-hydrogen) atoms. The number of anilines is 1. The van der Waals surface area contributed by atoms with Crippen LogP contribution in [0.4, 0.5) is 10.1 Å². The van der Waals surface area contributed by atoms with Crippen LogP contribution in [0.15, 0.2) is 41.3 Å². The zero-order valence-electron chi connectivity index (χ0n) is 17.6. The molecule has 0 radical (unpaired) electrons. The normalized spacial score (nSPS) is 14.8. The van der Waals surface area contributed by atoms with Crippen molar-refractivity contribution >= 4 is 39.1 Å². The van der Waals surface area contributed by atoms with Gasteiger partial charge in [0.1, 0.15) is 28.1 Å². The number of nitrogens with one attached hydrogen (secondary N) is 1. The zero-order chi connectivity index (χ0) is 22.3. The third-order valence-corrected chi connectivity index (χ3v) is 6.47. The number of carbonyl (C=O) groups is 1. The van der Waals surface area contributed by atoms with Gasteiger partial charge < -0.3 is 14.5 Å². The number of halogens is 1. The van der Waals surface area contributed by atoms with Gasteiger partial charge in [0.25, 0.3) is 5.91 Å². The number of hydrogen-bond acceptors (Lipinski definition) is 4. The number of methoxy groups -OCH3 is 1. The van der Waals surface area contributed by atoms with E-state index in [-0.39, 0.29) is 17.4 Å². The highest BCUT2D eigenvalue weighted by Crippen LogP contribution is 2.43. The molecule has 0 bridgehead atoms. The molecule has 8 heteroatoms. The predicted octanol–water partition coefficient (Wildman–Crippen LogP) is 4.51. The van der Waals surface area contributed by atoms with E-state index in [1.54, 1.807) is 12.3 Å². The predicted molar refractivity (Wildman–Crippen MR) is 121 cm³/mol. The molecule has 0 aliphatic carbocycles. The van der Waals surface area contributed by atoms with Gasteiger partial charge in [-0.3, -0.25) is 9.10 Å². The monoisotopic (exact) mass is 442 g/mol. The van der Waals surface area contributed by atoms with E-state index >= 15 is 0 Å². The topological polar surface area (TPSA) is 71.8 Å². The summed E-state index contributed by atoms with van der Waals surface area (Å²) >= 11 is 0. The first kappa shape index (κ1) is 21.1. The van der Waals surface area contributed by atoms with Gasteiger partial charge in [0.2, 0.25) is 0 Å². The van der Waals surface area contributed by atoms with E-state index in [4.69, 9.17) is 9.15 Å². The first-order chi connectivity index (χ1) is 14.8. The van der Waals surface area contributed by atoms with Crippen molar-refractivity contribution in [2.75, 3.05) is 31.3 Å². The Labute approximate surface area is 182 Å². The van der Waals surface area contributed by atoms with Crippen molar-refractivity contribution in [2.24, 2.45) is 0 Å². The Morgan fingerprint density at radius 2 is 2.06 bits per heavy atom. The summed E-state index contributed by atoms with van der Waals surface area (Å²) in [7, 11) is 1.75. The molecule has 162 valence electrons. The number of allylic oxidation sites excluding steroid dienone is 1. The lowest BCUT2D eigenvalue weighted by Gasteiger charge is -2.21. The molecule has 1 atom stereocenters. The Morgan fingerprint density at radius 1 is 1.29 bits per heavy atom. The highest BCUT2D eigenvalue weighted by Gasteiger charge is 2.28. The number of carbonyl (C=O) groups excluding carboxylic acids is 1. The van der Waals surface area contributed by atoms with Gasteiger partial charge >= 0.3 is 0 Å².